The second-order valence-corrected chi connectivity index (χ2v) is 23.5. The van der Waals surface area contributed by atoms with Gasteiger partial charge in [0.2, 0.25) is 0 Å². The molecule has 3 N–H and O–H groups in total. The lowest BCUT2D eigenvalue weighted by Crippen LogP contribution is -2.58. The zero-order chi connectivity index (χ0) is 43.8. The molecular weight excluding hydrogens is 923 g/mol. The average Bonchev–Trinajstić information content (AvgIpc) is 3.91. The SMILES string of the molecule is CC(C)(C)S(=O)N(CC(C)(C)S(=O)N[C@@](C)(c1cccc(Cl)c1)c1csc([C@H](O)c2cncnc2Cl)c1)[C@@](C)(c1cccc(Cl)c1)c1csc([C@@H](O)c2cncnc2Cl)c1. The van der Waals surface area contributed by atoms with Gasteiger partial charge < -0.3 is 10.2 Å². The number of thiophene rings is 2. The summed E-state index contributed by atoms with van der Waals surface area (Å²) in [6.45, 7) is 13.3. The van der Waals surface area contributed by atoms with Crippen molar-refractivity contribution in [2.45, 2.75) is 81.2 Å². The molecule has 6 atom stereocenters. The van der Waals surface area contributed by atoms with Gasteiger partial charge in [-0.3, -0.25) is 0 Å². The number of hydrogen-bond acceptors (Lipinski definition) is 10. The Bertz CT molecular complexity index is 2530. The summed E-state index contributed by atoms with van der Waals surface area (Å²) in [5.41, 5.74) is 1.35. The first-order valence-electron chi connectivity index (χ1n) is 18.5. The van der Waals surface area contributed by atoms with Crippen molar-refractivity contribution in [1.29, 1.82) is 0 Å². The fraction of sp³-hybridized carbons (Fsp3) is 0.333. The second kappa shape index (κ2) is 18.6. The molecular formula is C42H44Cl4N6O4S4. The third-order valence-corrected chi connectivity index (χ3v) is 17.0. The molecule has 4 aromatic heterocycles. The lowest BCUT2D eigenvalue weighted by Gasteiger charge is -2.46. The van der Waals surface area contributed by atoms with Crippen molar-refractivity contribution < 1.29 is 18.6 Å². The standard InChI is InChI=1S/C42H44Cl4N6O4S4/c1-39(2,3)60(56)52(42(7,26-11-9-13-30(44)15-26)28-17-34(58-21-28)36(54)32-19-48-24-50-38(32)46)22-40(4,5)59(55)51-41(6,25-10-8-12-29(43)14-25)27-16-33(57-20-27)35(53)31-18-47-23-49-37(31)45/h8-21,23-24,35-36,51,53-54H,22H2,1-7H3/t35-,36+,41+,42+,59?,60?/m1/s1. The van der Waals surface area contributed by atoms with Gasteiger partial charge in [-0.25, -0.2) is 37.4 Å². The summed E-state index contributed by atoms with van der Waals surface area (Å²) < 4.78 is 33.7. The molecule has 4 heterocycles. The molecule has 0 aliphatic heterocycles. The molecule has 2 unspecified atom stereocenters. The van der Waals surface area contributed by atoms with E-state index in [1.807, 2.05) is 112 Å². The van der Waals surface area contributed by atoms with Crippen LogP contribution in [-0.4, -0.2) is 58.9 Å². The predicted octanol–water partition coefficient (Wildman–Crippen LogP) is 10.2. The molecule has 0 saturated heterocycles. The van der Waals surface area contributed by atoms with Crippen LogP contribution in [0.2, 0.25) is 20.4 Å². The zero-order valence-electron chi connectivity index (χ0n) is 33.7. The molecule has 10 nitrogen and oxygen atoms in total. The molecule has 318 valence electrons. The highest BCUT2D eigenvalue weighted by atomic mass is 35.5. The third kappa shape index (κ3) is 9.75. The van der Waals surface area contributed by atoms with Crippen LogP contribution in [0.4, 0.5) is 0 Å². The smallest absolute Gasteiger partial charge is 0.138 e. The second-order valence-electron chi connectivity index (χ2n) is 16.1. The van der Waals surface area contributed by atoms with E-state index in [1.54, 1.807) is 12.1 Å². The molecule has 0 fully saturated rings. The molecule has 0 radical (unpaired) electrons. The number of rotatable bonds is 15. The van der Waals surface area contributed by atoms with Crippen molar-refractivity contribution in [2.75, 3.05) is 6.54 Å². The summed E-state index contributed by atoms with van der Waals surface area (Å²) in [4.78, 5) is 17.3. The van der Waals surface area contributed by atoms with Crippen molar-refractivity contribution in [1.82, 2.24) is 29.0 Å². The van der Waals surface area contributed by atoms with Crippen LogP contribution in [0.15, 0.2) is 96.5 Å². The van der Waals surface area contributed by atoms with Crippen LogP contribution in [0.3, 0.4) is 0 Å². The first-order chi connectivity index (χ1) is 28.2. The zero-order valence-corrected chi connectivity index (χ0v) is 40.0. The molecule has 6 rings (SSSR count). The van der Waals surface area contributed by atoms with E-state index in [0.717, 1.165) is 16.7 Å². The Morgan fingerprint density at radius 1 is 0.700 bits per heavy atom. The Morgan fingerprint density at radius 2 is 1.18 bits per heavy atom. The Hall–Kier alpha value is -2.70. The van der Waals surface area contributed by atoms with Crippen molar-refractivity contribution in [3.8, 4) is 0 Å². The third-order valence-electron chi connectivity index (χ3n) is 10.2. The number of aliphatic hydroxyl groups excluding tert-OH is 2. The molecule has 6 aromatic rings. The molecule has 0 amide bonds. The van der Waals surface area contributed by atoms with E-state index in [0.29, 0.717) is 36.5 Å². The van der Waals surface area contributed by atoms with Gasteiger partial charge in [0.05, 0.1) is 31.6 Å². The number of hydrogen-bond donors (Lipinski definition) is 3. The van der Waals surface area contributed by atoms with E-state index in [9.17, 15) is 10.2 Å². The van der Waals surface area contributed by atoms with Crippen molar-refractivity contribution >= 4 is 91.0 Å². The van der Waals surface area contributed by atoms with E-state index in [1.165, 1.54) is 47.7 Å². The molecule has 0 spiro atoms. The molecule has 0 aliphatic carbocycles. The summed E-state index contributed by atoms with van der Waals surface area (Å²) in [6.07, 6.45) is 3.34. The summed E-state index contributed by atoms with van der Waals surface area (Å²) in [5.74, 6) is 0. The Kier molecular flexibility index (Phi) is 14.5. The number of aromatic nitrogens is 4. The maximum Gasteiger partial charge on any atom is 0.138 e. The molecule has 0 saturated carbocycles. The average molecular weight is 967 g/mol. The highest BCUT2D eigenvalue weighted by molar-refractivity contribution is 7.85. The molecule has 0 bridgehead atoms. The highest BCUT2D eigenvalue weighted by Crippen LogP contribution is 2.45. The van der Waals surface area contributed by atoms with Crippen molar-refractivity contribution in [2.24, 2.45) is 0 Å². The first-order valence-corrected chi connectivity index (χ1v) is 24.1. The minimum atomic E-state index is -1.85. The number of aliphatic hydroxyl groups is 2. The van der Waals surface area contributed by atoms with E-state index in [4.69, 9.17) is 46.4 Å². The molecule has 2 aromatic carbocycles. The fourth-order valence-corrected chi connectivity index (χ4v) is 12.3. The van der Waals surface area contributed by atoms with Crippen LogP contribution in [0, 0.1) is 0 Å². The van der Waals surface area contributed by atoms with Crippen LogP contribution < -0.4 is 4.72 Å². The number of halogens is 4. The topological polar surface area (TPSA) is 141 Å². The van der Waals surface area contributed by atoms with E-state index in [2.05, 4.69) is 24.7 Å². The summed E-state index contributed by atoms with van der Waals surface area (Å²) >= 11 is 28.5. The summed E-state index contributed by atoms with van der Waals surface area (Å²) in [7, 11) is -3.57. The van der Waals surface area contributed by atoms with Crippen LogP contribution in [0.5, 0.6) is 0 Å². The van der Waals surface area contributed by atoms with Crippen LogP contribution in [0.25, 0.3) is 0 Å². The minimum Gasteiger partial charge on any atom is -0.383 e. The van der Waals surface area contributed by atoms with Gasteiger partial charge in [-0.05, 0) is 118 Å². The Labute approximate surface area is 383 Å². The number of nitrogens with one attached hydrogen (secondary N) is 1. The van der Waals surface area contributed by atoms with Crippen LogP contribution in [0.1, 0.15) is 104 Å². The van der Waals surface area contributed by atoms with Gasteiger partial charge in [-0.2, -0.15) is 0 Å². The normalized spacial score (nSPS) is 16.5. The van der Waals surface area contributed by atoms with E-state index in [-0.39, 0.29) is 16.9 Å². The maximum atomic E-state index is 15.1. The maximum absolute atomic E-state index is 15.1. The lowest BCUT2D eigenvalue weighted by molar-refractivity contribution is 0.222. The van der Waals surface area contributed by atoms with Gasteiger partial charge in [-0.15, -0.1) is 22.7 Å². The van der Waals surface area contributed by atoms with Gasteiger partial charge in [0.25, 0.3) is 0 Å². The van der Waals surface area contributed by atoms with Gasteiger partial charge in [-0.1, -0.05) is 70.7 Å². The van der Waals surface area contributed by atoms with Gasteiger partial charge in [0.15, 0.2) is 0 Å². The van der Waals surface area contributed by atoms with Gasteiger partial charge in [0.1, 0.15) is 46.2 Å². The largest absolute Gasteiger partial charge is 0.383 e. The Balaban J connectivity index is 1.43. The van der Waals surface area contributed by atoms with Crippen molar-refractivity contribution in [3.05, 3.63) is 160 Å². The number of benzene rings is 2. The molecule has 0 aliphatic rings. The number of nitrogens with zero attached hydrogens (tertiary/aromatic N) is 5. The molecule has 60 heavy (non-hydrogen) atoms. The van der Waals surface area contributed by atoms with E-state index < -0.39 is 54.8 Å². The van der Waals surface area contributed by atoms with Gasteiger partial charge in [0, 0.05) is 49.9 Å². The summed E-state index contributed by atoms with van der Waals surface area (Å²) in [5, 5.41) is 27.9. The fourth-order valence-electron chi connectivity index (χ4n) is 6.61. The first kappa shape index (κ1) is 46.8. The molecule has 18 heteroatoms. The van der Waals surface area contributed by atoms with E-state index >= 15 is 8.42 Å². The lowest BCUT2D eigenvalue weighted by atomic mass is 9.85. The summed E-state index contributed by atoms with van der Waals surface area (Å²) in [6, 6.07) is 18.4. The predicted molar refractivity (Wildman–Crippen MR) is 247 cm³/mol. The minimum absolute atomic E-state index is 0.0529. The highest BCUT2D eigenvalue weighted by Gasteiger charge is 2.48. The monoisotopic (exact) mass is 964 g/mol. The van der Waals surface area contributed by atoms with Crippen LogP contribution >= 0.6 is 69.1 Å². The quantitative estimate of drug-likeness (QED) is 0.0864. The van der Waals surface area contributed by atoms with Crippen LogP contribution in [-0.2, 0) is 33.0 Å². The van der Waals surface area contributed by atoms with Gasteiger partial charge >= 0.3 is 0 Å². The Morgan fingerprint density at radius 3 is 1.68 bits per heavy atom. The van der Waals surface area contributed by atoms with Crippen molar-refractivity contribution in [3.63, 3.8) is 0 Å².